The molecule has 1 N–H and O–H groups in total. The van der Waals surface area contributed by atoms with Crippen molar-refractivity contribution in [2.24, 2.45) is 5.92 Å². The zero-order valence-corrected chi connectivity index (χ0v) is 16.4. The van der Waals surface area contributed by atoms with E-state index in [4.69, 9.17) is 5.26 Å². The second-order valence-corrected chi connectivity index (χ2v) is 7.52. The minimum absolute atomic E-state index is 0.120. The zero-order chi connectivity index (χ0) is 20.2. The fraction of sp³-hybridized carbons (Fsp3) is 0.250. The molecule has 144 valence electrons. The van der Waals surface area contributed by atoms with Crippen molar-refractivity contribution in [1.29, 1.82) is 5.26 Å². The highest BCUT2D eigenvalue weighted by Gasteiger charge is 2.16. The highest BCUT2D eigenvalue weighted by atomic mass is 16.1. The molecule has 0 unspecified atom stereocenters. The van der Waals surface area contributed by atoms with Crippen LogP contribution in [0.1, 0.15) is 31.2 Å². The average Bonchev–Trinajstić information content (AvgIpc) is 2.74. The van der Waals surface area contributed by atoms with E-state index in [-0.39, 0.29) is 11.8 Å². The quantitative estimate of drug-likeness (QED) is 0.633. The van der Waals surface area contributed by atoms with Crippen LogP contribution in [-0.4, -0.2) is 15.9 Å². The molecule has 0 saturated heterocycles. The number of aryl methyl sites for hydroxylation is 1. The van der Waals surface area contributed by atoms with Gasteiger partial charge in [-0.3, -0.25) is 9.78 Å². The first-order chi connectivity index (χ1) is 14.1. The number of anilines is 1. The molecular weight excluding hydrogens is 360 g/mol. The van der Waals surface area contributed by atoms with Gasteiger partial charge in [0.25, 0.3) is 0 Å². The Labute approximate surface area is 170 Å². The monoisotopic (exact) mass is 382 g/mol. The second-order valence-electron chi connectivity index (χ2n) is 7.52. The number of pyridine rings is 2. The van der Waals surface area contributed by atoms with Gasteiger partial charge in [-0.15, -0.1) is 0 Å². The number of benzene rings is 1. The minimum atomic E-state index is -0.165. The summed E-state index contributed by atoms with van der Waals surface area (Å²) < 4.78 is 0. The standard InChI is InChI=1S/C24H22N4O/c1-16-8-9-26-15-22(16)19-6-7-20-14-27-23(12-21(20)11-19)28-24(29)10-17-2-4-18(13-25)5-3-17/h6-12,14-15,18H,2-5H2,1H3,(H,27,28,29). The van der Waals surface area contributed by atoms with E-state index in [1.54, 1.807) is 18.5 Å². The van der Waals surface area contributed by atoms with E-state index < -0.39 is 0 Å². The van der Waals surface area contributed by atoms with Gasteiger partial charge in [0.05, 0.1) is 6.07 Å². The molecule has 3 aromatic rings. The highest BCUT2D eigenvalue weighted by Crippen LogP contribution is 2.28. The van der Waals surface area contributed by atoms with E-state index in [0.717, 1.165) is 53.2 Å². The van der Waals surface area contributed by atoms with Gasteiger partial charge < -0.3 is 5.32 Å². The van der Waals surface area contributed by atoms with Crippen molar-refractivity contribution < 1.29 is 4.79 Å². The van der Waals surface area contributed by atoms with Crippen molar-refractivity contribution in [3.8, 4) is 17.2 Å². The number of hydrogen-bond acceptors (Lipinski definition) is 4. The van der Waals surface area contributed by atoms with Crippen molar-refractivity contribution >= 4 is 22.5 Å². The van der Waals surface area contributed by atoms with Gasteiger partial charge >= 0.3 is 0 Å². The van der Waals surface area contributed by atoms with Crippen LogP contribution >= 0.6 is 0 Å². The van der Waals surface area contributed by atoms with Crippen LogP contribution in [0.3, 0.4) is 0 Å². The molecular formula is C24H22N4O. The number of allylic oxidation sites excluding steroid dienone is 1. The summed E-state index contributed by atoms with van der Waals surface area (Å²) in [7, 11) is 0. The molecule has 1 fully saturated rings. The summed E-state index contributed by atoms with van der Waals surface area (Å²) in [6, 6.07) is 12.4. The molecule has 0 bridgehead atoms. The van der Waals surface area contributed by atoms with Crippen LogP contribution in [0.2, 0.25) is 0 Å². The van der Waals surface area contributed by atoms with E-state index in [2.05, 4.69) is 40.4 Å². The summed E-state index contributed by atoms with van der Waals surface area (Å²) in [4.78, 5) is 21.0. The van der Waals surface area contributed by atoms with Crippen molar-refractivity contribution in [2.45, 2.75) is 32.6 Å². The maximum absolute atomic E-state index is 12.4. The predicted octanol–water partition coefficient (Wildman–Crippen LogP) is 5.18. The molecule has 29 heavy (non-hydrogen) atoms. The SMILES string of the molecule is Cc1ccncc1-c1ccc2cnc(NC(=O)C=C3CCC(C#N)CC3)cc2c1. The Morgan fingerprint density at radius 1 is 1.17 bits per heavy atom. The van der Waals surface area contributed by atoms with E-state index in [1.807, 2.05) is 24.4 Å². The topological polar surface area (TPSA) is 78.7 Å². The van der Waals surface area contributed by atoms with E-state index in [1.165, 1.54) is 5.56 Å². The van der Waals surface area contributed by atoms with Crippen LogP contribution in [0.4, 0.5) is 5.82 Å². The molecule has 0 atom stereocenters. The number of nitrogens with one attached hydrogen (secondary N) is 1. The third-order valence-electron chi connectivity index (χ3n) is 5.47. The van der Waals surface area contributed by atoms with Gasteiger partial charge in [0.2, 0.25) is 5.91 Å². The molecule has 0 spiro atoms. The molecule has 4 rings (SSSR count). The third kappa shape index (κ3) is 4.33. The van der Waals surface area contributed by atoms with Crippen LogP contribution < -0.4 is 5.32 Å². The average molecular weight is 382 g/mol. The molecule has 2 heterocycles. The molecule has 0 radical (unpaired) electrons. The lowest BCUT2D eigenvalue weighted by Crippen LogP contribution is -2.12. The largest absolute Gasteiger partial charge is 0.307 e. The fourth-order valence-corrected chi connectivity index (χ4v) is 3.75. The molecule has 1 aliphatic carbocycles. The van der Waals surface area contributed by atoms with Crippen molar-refractivity contribution in [2.75, 3.05) is 5.32 Å². The predicted molar refractivity (Wildman–Crippen MR) is 114 cm³/mol. The summed E-state index contributed by atoms with van der Waals surface area (Å²) in [6.07, 6.45) is 10.4. The van der Waals surface area contributed by atoms with Gasteiger partial charge in [0.15, 0.2) is 0 Å². The lowest BCUT2D eigenvalue weighted by atomic mass is 9.86. The van der Waals surface area contributed by atoms with Crippen LogP contribution in [0, 0.1) is 24.2 Å². The van der Waals surface area contributed by atoms with Crippen LogP contribution in [-0.2, 0) is 4.79 Å². The number of hydrogen-bond donors (Lipinski definition) is 1. The first kappa shape index (κ1) is 18.8. The lowest BCUT2D eigenvalue weighted by molar-refractivity contribution is -0.112. The Balaban J connectivity index is 1.53. The summed E-state index contributed by atoms with van der Waals surface area (Å²) in [5.74, 6) is 0.488. The van der Waals surface area contributed by atoms with Crippen molar-refractivity contribution in [3.05, 3.63) is 66.1 Å². The molecule has 1 amide bonds. The molecule has 1 aromatic carbocycles. The van der Waals surface area contributed by atoms with Crippen LogP contribution in [0.25, 0.3) is 21.9 Å². The Bertz CT molecular complexity index is 1130. The minimum Gasteiger partial charge on any atom is -0.307 e. The molecule has 5 heteroatoms. The number of carbonyl (C=O) groups is 1. The number of fused-ring (bicyclic) bond motifs is 1. The van der Waals surface area contributed by atoms with Gasteiger partial charge in [0, 0.05) is 41.5 Å². The van der Waals surface area contributed by atoms with Gasteiger partial charge in [-0.05, 0) is 67.3 Å². The van der Waals surface area contributed by atoms with E-state index >= 15 is 0 Å². The van der Waals surface area contributed by atoms with Gasteiger partial charge in [-0.1, -0.05) is 17.7 Å². The number of carbonyl (C=O) groups excluding carboxylic acids is 1. The first-order valence-electron chi connectivity index (χ1n) is 9.83. The highest BCUT2D eigenvalue weighted by molar-refractivity contribution is 6.00. The van der Waals surface area contributed by atoms with Crippen molar-refractivity contribution in [3.63, 3.8) is 0 Å². The maximum Gasteiger partial charge on any atom is 0.249 e. The number of nitriles is 1. The molecule has 5 nitrogen and oxygen atoms in total. The number of amides is 1. The zero-order valence-electron chi connectivity index (χ0n) is 16.4. The van der Waals surface area contributed by atoms with Crippen LogP contribution in [0.15, 0.2) is 60.6 Å². The summed E-state index contributed by atoms with van der Waals surface area (Å²) in [5.41, 5.74) is 4.45. The smallest absolute Gasteiger partial charge is 0.249 e. The summed E-state index contributed by atoms with van der Waals surface area (Å²) in [6.45, 7) is 2.07. The lowest BCUT2D eigenvalue weighted by Gasteiger charge is -2.17. The Hall–Kier alpha value is -3.52. The van der Waals surface area contributed by atoms with Gasteiger partial charge in [-0.25, -0.2) is 4.98 Å². The fourth-order valence-electron chi connectivity index (χ4n) is 3.75. The van der Waals surface area contributed by atoms with E-state index in [0.29, 0.717) is 5.82 Å². The molecule has 1 saturated carbocycles. The molecule has 2 aromatic heterocycles. The van der Waals surface area contributed by atoms with Gasteiger partial charge in [0.1, 0.15) is 5.82 Å². The normalized spacial score (nSPS) is 16.3. The number of rotatable bonds is 3. The first-order valence-corrected chi connectivity index (χ1v) is 9.83. The van der Waals surface area contributed by atoms with Crippen LogP contribution in [0.5, 0.6) is 0 Å². The van der Waals surface area contributed by atoms with Crippen molar-refractivity contribution in [1.82, 2.24) is 9.97 Å². The summed E-state index contributed by atoms with van der Waals surface area (Å²) in [5, 5.41) is 13.9. The van der Waals surface area contributed by atoms with E-state index in [9.17, 15) is 4.79 Å². The Kier molecular flexibility index (Phi) is 5.35. The third-order valence-corrected chi connectivity index (χ3v) is 5.47. The maximum atomic E-state index is 12.4. The Morgan fingerprint density at radius 3 is 2.76 bits per heavy atom. The Morgan fingerprint density at radius 2 is 2.00 bits per heavy atom. The summed E-state index contributed by atoms with van der Waals surface area (Å²) >= 11 is 0. The van der Waals surface area contributed by atoms with Gasteiger partial charge in [-0.2, -0.15) is 5.26 Å². The second kappa shape index (κ2) is 8.24. The molecule has 1 aliphatic rings. The molecule has 0 aliphatic heterocycles. The number of aromatic nitrogens is 2. The number of nitrogens with zero attached hydrogens (tertiary/aromatic N) is 3.